The standard InChI is InChI=1S/3C3H7.C2H6O.Zr/c3*1-3-2;1-2-3;/h3*3H,1-2H3;3H,2H2,1H3;/q3*-1;;+3. The maximum absolute atomic E-state index is 7.57. The molecule has 0 aromatic rings. The van der Waals surface area contributed by atoms with E-state index in [1.54, 1.807) is 6.92 Å². The van der Waals surface area contributed by atoms with Crippen molar-refractivity contribution in [3.05, 3.63) is 19.3 Å². The molecule has 0 aliphatic rings. The fraction of sp³-hybridized carbons (Fsp3) is 0.727. The molecule has 1 nitrogen and oxygen atoms in total. The van der Waals surface area contributed by atoms with Crippen LogP contribution in [0.3, 0.4) is 0 Å². The van der Waals surface area contributed by atoms with Gasteiger partial charge in [0.2, 0.25) is 0 Å². The van der Waals surface area contributed by atoms with Gasteiger partial charge in [-0.2, -0.15) is 41.5 Å². The molecular formula is C11H27OZr. The van der Waals surface area contributed by atoms with Crippen molar-refractivity contribution < 1.29 is 31.3 Å². The van der Waals surface area contributed by atoms with E-state index in [1.807, 2.05) is 60.8 Å². The molecule has 0 amide bonds. The summed E-state index contributed by atoms with van der Waals surface area (Å²) in [5.74, 6) is 0. The summed E-state index contributed by atoms with van der Waals surface area (Å²) in [6, 6.07) is 0. The van der Waals surface area contributed by atoms with Gasteiger partial charge in [-0.15, -0.1) is 0 Å². The van der Waals surface area contributed by atoms with Gasteiger partial charge in [0.05, 0.1) is 0 Å². The van der Waals surface area contributed by atoms with Crippen molar-refractivity contribution in [2.75, 3.05) is 6.61 Å². The third-order valence-corrected chi connectivity index (χ3v) is 0. The molecule has 1 radical (unpaired) electrons. The molecule has 0 aromatic heterocycles. The zero-order chi connectivity index (χ0) is 10.8. The molecule has 13 heavy (non-hydrogen) atoms. The number of aliphatic hydroxyl groups excluding tert-OH is 1. The summed E-state index contributed by atoms with van der Waals surface area (Å²) in [5, 5.41) is 7.57. The van der Waals surface area contributed by atoms with Gasteiger partial charge >= 0.3 is 26.2 Å². The first kappa shape index (κ1) is 29.2. The van der Waals surface area contributed by atoms with E-state index < -0.39 is 0 Å². The Kier molecular flexibility index (Phi) is 172. The fourth-order valence-electron chi connectivity index (χ4n) is 0. The monoisotopic (exact) mass is 265 g/mol. The molecule has 0 saturated carbocycles. The Labute approximate surface area is 105 Å². The first-order valence-electron chi connectivity index (χ1n) is 4.49. The normalized spacial score (nSPS) is 5.54. The third kappa shape index (κ3) is 2120. The Morgan fingerprint density at radius 1 is 0.769 bits per heavy atom. The largest absolute Gasteiger partial charge is 3.00 e. The molecule has 1 N–H and O–H groups in total. The van der Waals surface area contributed by atoms with Crippen LogP contribution in [0.2, 0.25) is 0 Å². The first-order chi connectivity index (χ1) is 5.66. The predicted octanol–water partition coefficient (Wildman–Crippen LogP) is 3.69. The van der Waals surface area contributed by atoms with Gasteiger partial charge in [-0.1, -0.05) is 0 Å². The zero-order valence-electron chi connectivity index (χ0n) is 10.4. The van der Waals surface area contributed by atoms with Crippen molar-refractivity contribution in [3.8, 4) is 0 Å². The van der Waals surface area contributed by atoms with Crippen molar-refractivity contribution in [2.45, 2.75) is 48.5 Å². The minimum atomic E-state index is 0. The van der Waals surface area contributed by atoms with Crippen molar-refractivity contribution in [3.63, 3.8) is 0 Å². The molecule has 0 spiro atoms. The molecule has 0 unspecified atom stereocenters. The van der Waals surface area contributed by atoms with Gasteiger partial charge in [-0.25, -0.2) is 0 Å². The molecule has 2 heteroatoms. The molecule has 0 aliphatic carbocycles. The maximum Gasteiger partial charge on any atom is 3.00 e. The van der Waals surface area contributed by atoms with Crippen molar-refractivity contribution >= 4 is 0 Å². The summed E-state index contributed by atoms with van der Waals surface area (Å²) in [6.45, 7) is 13.9. The average Bonchev–Trinajstić information content (AvgIpc) is 1.92. The summed E-state index contributed by atoms with van der Waals surface area (Å²) in [7, 11) is 0. The topological polar surface area (TPSA) is 20.2 Å². The van der Waals surface area contributed by atoms with Crippen LogP contribution in [0.4, 0.5) is 0 Å². The van der Waals surface area contributed by atoms with Crippen molar-refractivity contribution in [2.24, 2.45) is 0 Å². The molecular weight excluding hydrogens is 239 g/mol. The Morgan fingerprint density at radius 2 is 0.769 bits per heavy atom. The van der Waals surface area contributed by atoms with Crippen LogP contribution in [0.25, 0.3) is 0 Å². The van der Waals surface area contributed by atoms with E-state index in [0.29, 0.717) is 0 Å². The minimum absolute atomic E-state index is 0. The summed E-state index contributed by atoms with van der Waals surface area (Å²) in [5.41, 5.74) is 0. The van der Waals surface area contributed by atoms with Gasteiger partial charge in [-0.05, 0) is 6.92 Å². The average molecular weight is 267 g/mol. The van der Waals surface area contributed by atoms with Crippen LogP contribution in [-0.4, -0.2) is 11.7 Å². The van der Waals surface area contributed by atoms with Gasteiger partial charge in [0.1, 0.15) is 0 Å². The third-order valence-electron chi connectivity index (χ3n) is 0. The van der Waals surface area contributed by atoms with Crippen LogP contribution < -0.4 is 0 Å². The van der Waals surface area contributed by atoms with Gasteiger partial charge in [0.15, 0.2) is 0 Å². The quantitative estimate of drug-likeness (QED) is 0.663. The Hall–Kier alpha value is 0.843. The Balaban J connectivity index is -0.0000000213. The molecule has 0 heterocycles. The molecule has 0 saturated heterocycles. The van der Waals surface area contributed by atoms with E-state index in [9.17, 15) is 0 Å². The molecule has 81 valence electrons. The zero-order valence-corrected chi connectivity index (χ0v) is 12.8. The van der Waals surface area contributed by atoms with E-state index >= 15 is 0 Å². The van der Waals surface area contributed by atoms with Gasteiger partial charge in [0.25, 0.3) is 0 Å². The number of rotatable bonds is 0. The molecule has 0 aromatic carbocycles. The van der Waals surface area contributed by atoms with E-state index in [4.69, 9.17) is 5.11 Å². The summed E-state index contributed by atoms with van der Waals surface area (Å²) in [6.07, 6.45) is 6.00. The molecule has 0 atom stereocenters. The van der Waals surface area contributed by atoms with Crippen LogP contribution in [0.15, 0.2) is 0 Å². The van der Waals surface area contributed by atoms with E-state index in [-0.39, 0.29) is 32.8 Å². The second-order valence-corrected chi connectivity index (χ2v) is 2.05. The smallest absolute Gasteiger partial charge is 0.397 e. The van der Waals surface area contributed by atoms with E-state index in [1.165, 1.54) is 0 Å². The van der Waals surface area contributed by atoms with Crippen molar-refractivity contribution in [1.29, 1.82) is 0 Å². The van der Waals surface area contributed by atoms with E-state index in [2.05, 4.69) is 0 Å². The second kappa shape index (κ2) is 76.8. The van der Waals surface area contributed by atoms with E-state index in [0.717, 1.165) is 0 Å². The molecule has 0 rings (SSSR count). The van der Waals surface area contributed by atoms with Crippen LogP contribution in [0, 0.1) is 19.3 Å². The van der Waals surface area contributed by atoms with Crippen LogP contribution in [-0.2, 0) is 26.2 Å². The summed E-state index contributed by atoms with van der Waals surface area (Å²) in [4.78, 5) is 0. The Morgan fingerprint density at radius 3 is 0.769 bits per heavy atom. The van der Waals surface area contributed by atoms with Crippen LogP contribution >= 0.6 is 0 Å². The van der Waals surface area contributed by atoms with Gasteiger partial charge in [0, 0.05) is 6.61 Å². The first-order valence-corrected chi connectivity index (χ1v) is 4.49. The number of hydrogen-bond acceptors (Lipinski definition) is 1. The second-order valence-electron chi connectivity index (χ2n) is 2.05. The summed E-state index contributed by atoms with van der Waals surface area (Å²) >= 11 is 0. The minimum Gasteiger partial charge on any atom is -0.397 e. The van der Waals surface area contributed by atoms with Gasteiger partial charge in [-0.3, -0.25) is 0 Å². The van der Waals surface area contributed by atoms with Crippen molar-refractivity contribution in [1.82, 2.24) is 0 Å². The Bertz CT molecular complexity index is 18.1. The molecule has 0 fully saturated rings. The number of aliphatic hydroxyl groups is 1. The predicted molar refractivity (Wildman–Crippen MR) is 59.7 cm³/mol. The summed E-state index contributed by atoms with van der Waals surface area (Å²) < 4.78 is 0. The van der Waals surface area contributed by atoms with Gasteiger partial charge < -0.3 is 24.4 Å². The maximum atomic E-state index is 7.57. The number of hydrogen-bond donors (Lipinski definition) is 1. The van der Waals surface area contributed by atoms with Crippen LogP contribution in [0.1, 0.15) is 48.5 Å². The van der Waals surface area contributed by atoms with Crippen LogP contribution in [0.5, 0.6) is 0 Å². The molecule has 0 aliphatic heterocycles. The molecule has 0 bridgehead atoms. The SMILES string of the molecule is CCO.C[CH-]C.C[CH-]C.C[CH-]C.[Zr+3]. The fourth-order valence-corrected chi connectivity index (χ4v) is 0.